The van der Waals surface area contributed by atoms with Crippen LogP contribution in [-0.2, 0) is 5.41 Å². The molecule has 0 spiro atoms. The summed E-state index contributed by atoms with van der Waals surface area (Å²) in [7, 11) is 0. The van der Waals surface area contributed by atoms with Gasteiger partial charge in [-0.2, -0.15) is 0 Å². The predicted octanol–water partition coefficient (Wildman–Crippen LogP) is 14.7. The largest absolute Gasteiger partial charge is 0.309 e. The molecule has 2 nitrogen and oxygen atoms in total. The number of aromatic nitrogens is 2. The minimum atomic E-state index is -0.0582. The summed E-state index contributed by atoms with van der Waals surface area (Å²) in [6.45, 7) is 4.72. The van der Waals surface area contributed by atoms with Gasteiger partial charge in [-0.25, -0.2) is 0 Å². The molecule has 0 atom stereocenters. The first-order valence-corrected chi connectivity index (χ1v) is 20.3. The highest BCUT2D eigenvalue weighted by atomic mass is 32.1. The highest BCUT2D eigenvalue weighted by molar-refractivity contribution is 7.17. The molecular weight excluding hydrogens is 697 g/mol. The Morgan fingerprint density at radius 3 is 1.66 bits per heavy atom. The Morgan fingerprint density at radius 2 is 0.946 bits per heavy atom. The second-order valence-corrected chi connectivity index (χ2v) is 16.7. The van der Waals surface area contributed by atoms with Gasteiger partial charge in [0, 0.05) is 54.0 Å². The Bertz CT molecular complexity index is 3400. The summed E-state index contributed by atoms with van der Waals surface area (Å²) in [4.78, 5) is 0. The lowest BCUT2D eigenvalue weighted by molar-refractivity contribution is 0.660. The Labute approximate surface area is 329 Å². The van der Waals surface area contributed by atoms with Gasteiger partial charge >= 0.3 is 0 Å². The van der Waals surface area contributed by atoms with Crippen molar-refractivity contribution in [2.75, 3.05) is 0 Å². The maximum absolute atomic E-state index is 2.46. The number of hydrogen-bond donors (Lipinski definition) is 0. The molecule has 264 valence electrons. The second-order valence-electron chi connectivity index (χ2n) is 15.8. The lowest BCUT2D eigenvalue weighted by Crippen LogP contribution is -2.15. The number of benzene rings is 8. The highest BCUT2D eigenvalue weighted by Gasteiger charge is 2.35. The molecule has 1 aliphatic rings. The van der Waals surface area contributed by atoms with E-state index in [-0.39, 0.29) is 5.41 Å². The monoisotopic (exact) mass is 732 g/mol. The van der Waals surface area contributed by atoms with Crippen LogP contribution < -0.4 is 0 Å². The van der Waals surface area contributed by atoms with Crippen LogP contribution >= 0.6 is 11.3 Å². The molecule has 0 saturated heterocycles. The van der Waals surface area contributed by atoms with Gasteiger partial charge in [0.05, 0.1) is 22.1 Å². The summed E-state index contributed by atoms with van der Waals surface area (Å²) in [6, 6.07) is 65.4. The topological polar surface area (TPSA) is 9.86 Å². The third kappa shape index (κ3) is 4.43. The molecule has 3 heterocycles. The molecule has 0 aliphatic heterocycles. The first-order chi connectivity index (χ1) is 27.5. The third-order valence-electron chi connectivity index (χ3n) is 12.4. The molecule has 0 bridgehead atoms. The number of para-hydroxylation sites is 2. The van der Waals surface area contributed by atoms with Gasteiger partial charge in [-0.15, -0.1) is 11.3 Å². The summed E-state index contributed by atoms with van der Waals surface area (Å²) < 4.78 is 6.20. The molecule has 0 unspecified atom stereocenters. The average molecular weight is 733 g/mol. The van der Waals surface area contributed by atoms with E-state index in [0.717, 1.165) is 0 Å². The normalized spacial score (nSPS) is 13.3. The van der Waals surface area contributed by atoms with Crippen LogP contribution in [-0.4, -0.2) is 9.13 Å². The number of fused-ring (bicyclic) bond motifs is 10. The van der Waals surface area contributed by atoms with E-state index in [1.165, 1.54) is 110 Å². The van der Waals surface area contributed by atoms with Crippen molar-refractivity contribution in [2.45, 2.75) is 19.3 Å². The van der Waals surface area contributed by atoms with Crippen molar-refractivity contribution in [1.82, 2.24) is 9.13 Å². The summed E-state index contributed by atoms with van der Waals surface area (Å²) in [5.74, 6) is 0. The van der Waals surface area contributed by atoms with Gasteiger partial charge in [-0.3, -0.25) is 0 Å². The summed E-state index contributed by atoms with van der Waals surface area (Å²) in [5, 5.41) is 8.65. The van der Waals surface area contributed by atoms with Crippen LogP contribution in [0, 0.1) is 0 Å². The fourth-order valence-corrected chi connectivity index (χ4v) is 10.7. The molecule has 12 rings (SSSR count). The molecule has 11 aromatic rings. The van der Waals surface area contributed by atoms with Crippen LogP contribution in [0.5, 0.6) is 0 Å². The first kappa shape index (κ1) is 31.6. The second kappa shape index (κ2) is 11.7. The molecule has 56 heavy (non-hydrogen) atoms. The Balaban J connectivity index is 0.994. The summed E-state index contributed by atoms with van der Waals surface area (Å²) >= 11 is 1.81. The minimum Gasteiger partial charge on any atom is -0.309 e. The van der Waals surface area contributed by atoms with Crippen molar-refractivity contribution in [1.29, 1.82) is 0 Å². The van der Waals surface area contributed by atoms with Gasteiger partial charge in [-0.1, -0.05) is 123 Å². The van der Waals surface area contributed by atoms with Gasteiger partial charge in [0.15, 0.2) is 0 Å². The minimum absolute atomic E-state index is 0.0582. The third-order valence-corrected chi connectivity index (χ3v) is 13.4. The highest BCUT2D eigenvalue weighted by Crippen LogP contribution is 2.49. The SMILES string of the molecule is CC1(C)c2ccccc2-c2ccc(-n3c4ccccc4c4cc(-c5ccc6c(c5)c5ccccc5n6-c5cccc(-c6csc7ccccc67)c5)ccc43)cc21. The smallest absolute Gasteiger partial charge is 0.0541 e. The maximum atomic E-state index is 2.46. The van der Waals surface area contributed by atoms with E-state index in [9.17, 15) is 0 Å². The molecule has 0 fully saturated rings. The van der Waals surface area contributed by atoms with Crippen LogP contribution in [0.15, 0.2) is 181 Å². The van der Waals surface area contributed by atoms with E-state index in [2.05, 4.69) is 204 Å². The van der Waals surface area contributed by atoms with E-state index in [4.69, 9.17) is 0 Å². The molecule has 0 N–H and O–H groups in total. The fourth-order valence-electron chi connectivity index (χ4n) is 9.71. The van der Waals surface area contributed by atoms with Crippen molar-refractivity contribution >= 4 is 65.0 Å². The van der Waals surface area contributed by atoms with Crippen molar-refractivity contribution < 1.29 is 0 Å². The van der Waals surface area contributed by atoms with Gasteiger partial charge in [0.25, 0.3) is 0 Å². The number of thiophene rings is 1. The average Bonchev–Trinajstić information content (AvgIpc) is 3.98. The lowest BCUT2D eigenvalue weighted by atomic mass is 9.82. The van der Waals surface area contributed by atoms with Gasteiger partial charge in [0.1, 0.15) is 0 Å². The zero-order valence-corrected chi connectivity index (χ0v) is 31.9. The standard InChI is InChI=1S/C53H36N2S/c1-53(2)46-18-7-3-14-38(46)39-25-24-37(31-47(39)53)55-49-20-9-5-16-41(49)44-30-34(23-27-51(44)55)33-22-26-50-43(29-33)40-15-4-8-19-48(40)54(50)36-13-11-12-35(28-36)45-32-56-52-21-10-6-17-42(45)52/h3-32H,1-2H3. The maximum Gasteiger partial charge on any atom is 0.0541 e. The zero-order chi connectivity index (χ0) is 37.1. The van der Waals surface area contributed by atoms with E-state index < -0.39 is 0 Å². The quantitative estimate of drug-likeness (QED) is 0.170. The van der Waals surface area contributed by atoms with Crippen molar-refractivity contribution in [3.8, 4) is 44.8 Å². The van der Waals surface area contributed by atoms with Crippen LogP contribution in [0.3, 0.4) is 0 Å². The molecule has 0 saturated carbocycles. The summed E-state index contributed by atoms with van der Waals surface area (Å²) in [5.41, 5.74) is 17.6. The molecule has 0 radical (unpaired) electrons. The molecule has 3 heteroatoms. The molecule has 1 aliphatic carbocycles. The fraction of sp³-hybridized carbons (Fsp3) is 0.0566. The lowest BCUT2D eigenvalue weighted by Gasteiger charge is -2.22. The Kier molecular flexibility index (Phi) is 6.59. The number of hydrogen-bond acceptors (Lipinski definition) is 1. The van der Waals surface area contributed by atoms with Gasteiger partial charge in [-0.05, 0) is 111 Å². The summed E-state index contributed by atoms with van der Waals surface area (Å²) in [6.07, 6.45) is 0. The predicted molar refractivity (Wildman–Crippen MR) is 239 cm³/mol. The van der Waals surface area contributed by atoms with E-state index in [1.54, 1.807) is 0 Å². The molecule has 0 amide bonds. The molecular formula is C53H36N2S. The van der Waals surface area contributed by atoms with Crippen molar-refractivity contribution in [2.24, 2.45) is 0 Å². The Hall–Kier alpha value is -6.68. The first-order valence-electron chi connectivity index (χ1n) is 19.4. The van der Waals surface area contributed by atoms with Crippen LogP contribution in [0.4, 0.5) is 0 Å². The number of rotatable bonds is 4. The molecule has 3 aromatic heterocycles. The van der Waals surface area contributed by atoms with Crippen LogP contribution in [0.25, 0.3) is 98.5 Å². The van der Waals surface area contributed by atoms with Crippen LogP contribution in [0.2, 0.25) is 0 Å². The zero-order valence-electron chi connectivity index (χ0n) is 31.1. The van der Waals surface area contributed by atoms with Crippen LogP contribution in [0.1, 0.15) is 25.0 Å². The van der Waals surface area contributed by atoms with Crippen molar-refractivity contribution in [3.63, 3.8) is 0 Å². The van der Waals surface area contributed by atoms with Gasteiger partial charge < -0.3 is 9.13 Å². The van der Waals surface area contributed by atoms with E-state index >= 15 is 0 Å². The van der Waals surface area contributed by atoms with Gasteiger partial charge in [0.2, 0.25) is 0 Å². The molecule has 8 aromatic carbocycles. The van der Waals surface area contributed by atoms with Crippen molar-refractivity contribution in [3.05, 3.63) is 192 Å². The number of nitrogens with zero attached hydrogens (tertiary/aromatic N) is 2. The van der Waals surface area contributed by atoms with E-state index in [1.807, 2.05) is 11.3 Å². The Morgan fingerprint density at radius 1 is 0.375 bits per heavy atom. The van der Waals surface area contributed by atoms with E-state index in [0.29, 0.717) is 0 Å².